The van der Waals surface area contributed by atoms with E-state index < -0.39 is 14.2 Å². The zero-order valence-corrected chi connectivity index (χ0v) is 13.7. The normalized spacial score (nSPS) is 8.88. The predicted molar refractivity (Wildman–Crippen MR) is 108 cm³/mol. The van der Waals surface area contributed by atoms with Crippen molar-refractivity contribution in [1.82, 2.24) is 0 Å². The van der Waals surface area contributed by atoms with Crippen molar-refractivity contribution in [3.05, 3.63) is 54.1 Å². The summed E-state index contributed by atoms with van der Waals surface area (Å²) in [5.41, 5.74) is 1.49. The van der Waals surface area contributed by atoms with E-state index >= 15 is 0 Å². The van der Waals surface area contributed by atoms with Gasteiger partial charge in [0, 0.05) is 10.5 Å². The lowest BCUT2D eigenvalue weighted by Gasteiger charge is -1.99. The summed E-state index contributed by atoms with van der Waals surface area (Å²) in [5.74, 6) is -0.0334. The molecule has 0 saturated carbocycles. The number of ketones is 1. The van der Waals surface area contributed by atoms with Crippen LogP contribution < -0.4 is 10.9 Å². The van der Waals surface area contributed by atoms with Crippen LogP contribution in [0, 0.1) is 0 Å². The molecule has 0 saturated heterocycles. The first kappa shape index (κ1) is 25.7. The highest BCUT2D eigenvalue weighted by atomic mass is 32.2. The van der Waals surface area contributed by atoms with Crippen LogP contribution in [0.1, 0.15) is 32.1 Å². The summed E-state index contributed by atoms with van der Waals surface area (Å²) >= 11 is 1.63. The van der Waals surface area contributed by atoms with E-state index in [0.29, 0.717) is 16.5 Å². The Kier molecular flexibility index (Phi) is 13.1. The molecule has 2 aromatic rings. The van der Waals surface area contributed by atoms with E-state index in [0.717, 1.165) is 4.90 Å². The summed E-state index contributed by atoms with van der Waals surface area (Å²) in [7, 11) is -2.82. The van der Waals surface area contributed by atoms with Crippen LogP contribution in [0.15, 0.2) is 53.4 Å². The first-order valence-electron chi connectivity index (χ1n) is 6.82. The Morgan fingerprint density at radius 3 is 1.44 bits per heavy atom. The zero-order valence-electron chi connectivity index (χ0n) is 12.9. The molecule has 5 nitrogen and oxygen atoms in total. The van der Waals surface area contributed by atoms with Crippen molar-refractivity contribution in [2.45, 2.75) is 26.7 Å². The molecule has 2 rings (SSSR count). The molecule has 0 heterocycles. The summed E-state index contributed by atoms with van der Waals surface area (Å²) in [6.45, 7) is 1.46. The number of carbonyl (C=O) groups is 1. The van der Waals surface area contributed by atoms with Crippen LogP contribution in [0.25, 0.3) is 0 Å². The van der Waals surface area contributed by atoms with Crippen molar-refractivity contribution in [3.8, 4) is 0 Å². The molecule has 25 heavy (non-hydrogen) atoms. The monoisotopic (exact) mass is 364 g/mol. The lowest BCUT2D eigenvalue weighted by atomic mass is 9.80. The van der Waals surface area contributed by atoms with Crippen molar-refractivity contribution in [2.24, 2.45) is 0 Å². The smallest absolute Gasteiger partial charge is 0.423 e. The number of Topliss-reactive ketones (excluding diaryl/α,β-unsaturated/α-hetero) is 1. The third-order valence-corrected chi connectivity index (χ3v) is 3.77. The second-order valence-electron chi connectivity index (χ2n) is 4.70. The summed E-state index contributed by atoms with van der Waals surface area (Å²) in [5, 5.41) is 34.9. The van der Waals surface area contributed by atoms with Gasteiger partial charge in [-0.25, -0.2) is 0 Å². The maximum absolute atomic E-state index is 10.8. The molecule has 2 aromatic carbocycles. The molecular formula is C17H26B2O5S. The minimum atomic E-state index is -1.47. The number of rotatable bonds is 4. The molecule has 8 heteroatoms. The molecule has 0 spiro atoms. The molecule has 0 fully saturated rings. The Morgan fingerprint density at radius 2 is 1.16 bits per heavy atom. The van der Waals surface area contributed by atoms with Gasteiger partial charge in [0.15, 0.2) is 5.78 Å². The Hall–Kier alpha value is -1.57. The van der Waals surface area contributed by atoms with Crippen molar-refractivity contribution in [1.29, 1.82) is 0 Å². The molecule has 0 aliphatic heterocycles. The van der Waals surface area contributed by atoms with Crippen LogP contribution in [0.5, 0.6) is 0 Å². The van der Waals surface area contributed by atoms with Gasteiger partial charge in [-0.3, -0.25) is 4.79 Å². The average molecular weight is 364 g/mol. The van der Waals surface area contributed by atoms with E-state index in [1.165, 1.54) is 19.1 Å². The van der Waals surface area contributed by atoms with E-state index in [1.54, 1.807) is 36.0 Å². The average Bonchev–Trinajstić information content (AvgIpc) is 2.55. The third kappa shape index (κ3) is 8.90. The molecule has 0 radical (unpaired) electrons. The van der Waals surface area contributed by atoms with Gasteiger partial charge in [-0.1, -0.05) is 51.3 Å². The van der Waals surface area contributed by atoms with Gasteiger partial charge >= 0.3 is 14.2 Å². The van der Waals surface area contributed by atoms with Crippen LogP contribution in [0.2, 0.25) is 0 Å². The Balaban J connectivity index is 0. The molecule has 0 bridgehead atoms. The van der Waals surface area contributed by atoms with E-state index in [1.807, 2.05) is 18.4 Å². The second-order valence-corrected chi connectivity index (χ2v) is 5.58. The largest absolute Gasteiger partial charge is 0.488 e. The summed E-state index contributed by atoms with van der Waals surface area (Å²) in [6.07, 6.45) is 1.98. The minimum absolute atomic E-state index is 0. The van der Waals surface area contributed by atoms with Crippen molar-refractivity contribution in [3.63, 3.8) is 0 Å². The maximum Gasteiger partial charge on any atom is 0.488 e. The fourth-order valence-electron chi connectivity index (χ4n) is 1.67. The third-order valence-electron chi connectivity index (χ3n) is 3.03. The molecule has 0 aliphatic rings. The summed E-state index contributed by atoms with van der Waals surface area (Å²) in [6, 6.07) is 13.3. The lowest BCUT2D eigenvalue weighted by molar-refractivity contribution is 0.101. The van der Waals surface area contributed by atoms with E-state index in [-0.39, 0.29) is 20.6 Å². The fraction of sp³-hybridized carbons (Fsp3) is 0.235. The van der Waals surface area contributed by atoms with E-state index in [4.69, 9.17) is 20.1 Å². The Bertz CT molecular complexity index is 616. The van der Waals surface area contributed by atoms with Crippen molar-refractivity contribution in [2.75, 3.05) is 6.26 Å². The molecule has 0 amide bonds. The number of hydrogen-bond donors (Lipinski definition) is 4. The topological polar surface area (TPSA) is 98.0 Å². The maximum atomic E-state index is 10.8. The van der Waals surface area contributed by atoms with Gasteiger partial charge in [0.05, 0.1) is 0 Å². The van der Waals surface area contributed by atoms with Gasteiger partial charge in [0.25, 0.3) is 0 Å². The SMILES string of the molecule is C.C.CC(=O)c1ccc(B(O)O)cc1.CSc1ccc(B(O)O)cc1. The molecule has 0 aliphatic carbocycles. The summed E-state index contributed by atoms with van der Waals surface area (Å²) in [4.78, 5) is 11.9. The molecule has 0 atom stereocenters. The minimum Gasteiger partial charge on any atom is -0.423 e. The van der Waals surface area contributed by atoms with Gasteiger partial charge in [-0.2, -0.15) is 0 Å². The van der Waals surface area contributed by atoms with E-state index in [9.17, 15) is 4.79 Å². The van der Waals surface area contributed by atoms with Crippen molar-refractivity contribution < 1.29 is 24.9 Å². The van der Waals surface area contributed by atoms with Crippen LogP contribution in [-0.4, -0.2) is 46.4 Å². The standard InChI is InChI=1S/C8H9BO3.C7H9BO2S.2CH4/c1-6(10)7-2-4-8(5-3-7)9(11)12;1-11-7-4-2-6(3-5-7)8(9)10;;/h2-5,11-12H,1H3;2-5,9-10H,1H3;2*1H4. The highest BCUT2D eigenvalue weighted by Crippen LogP contribution is 2.11. The molecule has 0 aromatic heterocycles. The fourth-order valence-corrected chi connectivity index (χ4v) is 2.07. The van der Waals surface area contributed by atoms with Gasteiger partial charge in [0.2, 0.25) is 0 Å². The first-order valence-corrected chi connectivity index (χ1v) is 8.04. The number of benzene rings is 2. The zero-order chi connectivity index (χ0) is 17.4. The van der Waals surface area contributed by atoms with Crippen molar-refractivity contribution >= 4 is 42.7 Å². The van der Waals surface area contributed by atoms with Crippen LogP contribution in [0.4, 0.5) is 0 Å². The first-order chi connectivity index (χ1) is 10.8. The molecular weight excluding hydrogens is 338 g/mol. The van der Waals surface area contributed by atoms with Gasteiger partial charge in [-0.15, -0.1) is 11.8 Å². The molecule has 4 N–H and O–H groups in total. The van der Waals surface area contributed by atoms with Gasteiger partial charge < -0.3 is 20.1 Å². The van der Waals surface area contributed by atoms with Gasteiger partial charge in [0.1, 0.15) is 0 Å². The summed E-state index contributed by atoms with van der Waals surface area (Å²) < 4.78 is 0. The number of carbonyl (C=O) groups excluding carboxylic acids is 1. The quantitative estimate of drug-likeness (QED) is 0.366. The highest BCUT2D eigenvalue weighted by Gasteiger charge is 2.10. The highest BCUT2D eigenvalue weighted by molar-refractivity contribution is 7.98. The second kappa shape index (κ2) is 12.7. The Morgan fingerprint density at radius 1 is 0.800 bits per heavy atom. The van der Waals surface area contributed by atoms with Crippen LogP contribution in [-0.2, 0) is 0 Å². The number of hydrogen-bond acceptors (Lipinski definition) is 6. The molecule has 0 unspecified atom stereocenters. The van der Waals surface area contributed by atoms with E-state index in [2.05, 4.69) is 0 Å². The molecule has 136 valence electrons. The predicted octanol–water partition coefficient (Wildman–Crippen LogP) is 0.929. The Labute approximate surface area is 155 Å². The van der Waals surface area contributed by atoms with Crippen LogP contribution in [0.3, 0.4) is 0 Å². The number of thioether (sulfide) groups is 1. The van der Waals surface area contributed by atoms with Gasteiger partial charge in [-0.05, 0) is 36.2 Å². The lowest BCUT2D eigenvalue weighted by Crippen LogP contribution is -2.29. The van der Waals surface area contributed by atoms with Crippen LogP contribution >= 0.6 is 11.8 Å².